The highest BCUT2D eigenvalue weighted by Crippen LogP contribution is 2.34. The van der Waals surface area contributed by atoms with Gasteiger partial charge in [-0.25, -0.2) is 0 Å². The van der Waals surface area contributed by atoms with Gasteiger partial charge in [0, 0.05) is 49.5 Å². The Morgan fingerprint density at radius 1 is 0.817 bits per heavy atom. The molecule has 3 aliphatic heterocycles. The molecular weight excluding hydrogens is 959 g/mol. The fourth-order valence-electron chi connectivity index (χ4n) is 8.40. The maximum absolute atomic E-state index is 14.6. The van der Waals surface area contributed by atoms with Crippen LogP contribution >= 0.6 is 21.6 Å². The lowest BCUT2D eigenvalue weighted by Gasteiger charge is -2.31. The third-order valence-electron chi connectivity index (χ3n) is 11.9. The average Bonchev–Trinajstić information content (AvgIpc) is 3.98. The van der Waals surface area contributed by atoms with Crippen LogP contribution in [0.2, 0.25) is 0 Å². The van der Waals surface area contributed by atoms with Crippen molar-refractivity contribution >= 4 is 92.3 Å². The van der Waals surface area contributed by atoms with Crippen LogP contribution in [0, 0.1) is 5.92 Å². The number of nitrogens with one attached hydrogen (secondary N) is 6. The summed E-state index contributed by atoms with van der Waals surface area (Å²) in [4.78, 5) is 143. The fraction of sp³-hybridized carbons (Fsp3) is 0.500. The molecule has 0 radical (unpaired) electrons. The second-order valence-corrected chi connectivity index (χ2v) is 20.3. The molecule has 14 N–H and O–H groups in total. The second kappa shape index (κ2) is 26.4. The molecule has 25 heteroatoms. The van der Waals surface area contributed by atoms with Gasteiger partial charge in [-0.3, -0.25) is 57.8 Å². The third-order valence-corrected chi connectivity index (χ3v) is 14.3. The van der Waals surface area contributed by atoms with E-state index in [2.05, 4.69) is 36.9 Å². The Labute approximate surface area is 418 Å². The molecule has 71 heavy (non-hydrogen) atoms. The average molecular weight is 1020 g/mol. The van der Waals surface area contributed by atoms with Gasteiger partial charge in [-0.05, 0) is 48.8 Å². The molecule has 0 unspecified atom stereocenters. The van der Waals surface area contributed by atoms with Crippen molar-refractivity contribution in [1.29, 1.82) is 0 Å². The Balaban J connectivity index is 1.44. The van der Waals surface area contributed by atoms with Crippen LogP contribution in [0.3, 0.4) is 0 Å². The second-order valence-electron chi connectivity index (χ2n) is 17.6. The zero-order valence-electron chi connectivity index (χ0n) is 39.6. The van der Waals surface area contributed by atoms with Crippen LogP contribution < -0.4 is 59.7 Å². The van der Waals surface area contributed by atoms with Gasteiger partial charge in [0.25, 0.3) is 0 Å². The quantitative estimate of drug-likeness (QED) is 0.0384. The highest BCUT2D eigenvalue weighted by atomic mass is 33.1. The number of likely N-dealkylation sites (tertiary alicyclic amines) is 1. The predicted molar refractivity (Wildman–Crippen MR) is 266 cm³/mol. The smallest absolute Gasteiger partial charge is 0.246 e. The number of carbonyl (C=O) groups is 10. The van der Waals surface area contributed by atoms with E-state index in [4.69, 9.17) is 22.9 Å². The highest BCUT2D eigenvalue weighted by molar-refractivity contribution is 8.76. The number of amides is 10. The molecule has 384 valence electrons. The SMILES string of the molecule is CC(C)[C@@H]1NC(=O)[C@H](Cc2ccccc2)NC(=O)[C@@H]2Cc3ccccc3N2C(=O)CCSSC[C@@H](C(=O)N2CCC[C@H]2C(=O)N[C@H](CCCN=C(N)N)C(=O)NCC(N)=O)NC(=O)[C@H](CC(N)=O)NC1=O. The van der Waals surface area contributed by atoms with Gasteiger partial charge >= 0.3 is 0 Å². The number of nitrogens with two attached hydrogens (primary N) is 4. The summed E-state index contributed by atoms with van der Waals surface area (Å²) in [5.74, 6) is -8.15. The number of anilines is 1. The normalized spacial score (nSPS) is 22.9. The summed E-state index contributed by atoms with van der Waals surface area (Å²) >= 11 is 0. The van der Waals surface area contributed by atoms with Crippen LogP contribution in [0.25, 0.3) is 0 Å². The number of carbonyl (C=O) groups excluding carboxylic acids is 10. The number of hydrogen-bond donors (Lipinski definition) is 10. The minimum atomic E-state index is -1.64. The van der Waals surface area contributed by atoms with E-state index in [9.17, 15) is 47.9 Å². The van der Waals surface area contributed by atoms with Crippen molar-refractivity contribution in [2.75, 3.05) is 36.0 Å². The van der Waals surface area contributed by atoms with Gasteiger partial charge in [-0.1, -0.05) is 84.0 Å². The molecule has 3 heterocycles. The highest BCUT2D eigenvalue weighted by Gasteiger charge is 2.42. The van der Waals surface area contributed by atoms with Gasteiger partial charge in [0.05, 0.1) is 13.0 Å². The molecule has 3 aliphatic rings. The monoisotopic (exact) mass is 1020 g/mol. The van der Waals surface area contributed by atoms with E-state index >= 15 is 0 Å². The Morgan fingerprint density at radius 3 is 2.20 bits per heavy atom. The molecule has 0 aromatic heterocycles. The van der Waals surface area contributed by atoms with E-state index in [1.54, 1.807) is 62.4 Å². The number of fused-ring (bicyclic) bond motifs is 3. The number of benzene rings is 2. The minimum Gasteiger partial charge on any atom is -0.370 e. The van der Waals surface area contributed by atoms with E-state index in [-0.39, 0.29) is 75.0 Å². The molecule has 23 nitrogen and oxygen atoms in total. The molecule has 2 aromatic carbocycles. The number of primary amides is 2. The number of hydrogen-bond acceptors (Lipinski definition) is 13. The molecule has 5 rings (SSSR count). The van der Waals surface area contributed by atoms with Crippen molar-refractivity contribution in [3.8, 4) is 0 Å². The Kier molecular flexibility index (Phi) is 20.4. The summed E-state index contributed by atoms with van der Waals surface area (Å²) in [5, 5.41) is 15.8. The summed E-state index contributed by atoms with van der Waals surface area (Å²) in [6, 6.07) is 7.12. The fourth-order valence-corrected chi connectivity index (χ4v) is 10.5. The molecule has 0 saturated carbocycles. The van der Waals surface area contributed by atoms with Crippen molar-refractivity contribution in [3.05, 3.63) is 65.7 Å². The zero-order valence-corrected chi connectivity index (χ0v) is 41.2. The van der Waals surface area contributed by atoms with Gasteiger partial charge in [0.15, 0.2) is 5.96 Å². The predicted octanol–water partition coefficient (Wildman–Crippen LogP) is -2.43. The van der Waals surface area contributed by atoms with E-state index in [0.29, 0.717) is 17.7 Å². The molecule has 0 aliphatic carbocycles. The van der Waals surface area contributed by atoms with Gasteiger partial charge < -0.3 is 59.7 Å². The Morgan fingerprint density at radius 2 is 1.51 bits per heavy atom. The Hall–Kier alpha value is -6.89. The summed E-state index contributed by atoms with van der Waals surface area (Å²) in [6.45, 7) is 2.99. The first-order valence-electron chi connectivity index (χ1n) is 23.2. The maximum Gasteiger partial charge on any atom is 0.246 e. The van der Waals surface area contributed by atoms with Crippen molar-refractivity contribution in [2.45, 2.75) is 108 Å². The first kappa shape index (κ1) is 55.0. The lowest BCUT2D eigenvalue weighted by Crippen LogP contribution is -2.61. The standard InChI is InChI=1S/C46H63N13O10S2/c1-25(2)38-44(68)55-30(22-35(47)60)40(64)56-31(45(69)58-18-9-15-33(58)42(66)53-28(13-8-17-51-46(49)50)39(63)52-23-36(48)61)24-71-70-19-16-37(62)59-32-14-7-6-12-27(32)21-34(59)43(67)54-29(41(65)57-38)20-26-10-4-3-5-11-26/h3-7,10-12,14,25,28-31,33-34,38H,8-9,13,15-24H2,1-2H3,(H2,47,60)(H2,48,61)(H,52,63)(H,53,66)(H,54,67)(H,55,68)(H,56,64)(H,57,65)(H4,49,50,51)/t28-,29+,30+,31+,33+,34+,38+/m1/s1. The van der Waals surface area contributed by atoms with Crippen molar-refractivity contribution in [3.63, 3.8) is 0 Å². The molecule has 2 aromatic rings. The van der Waals surface area contributed by atoms with E-state index in [0.717, 1.165) is 16.4 Å². The molecular formula is C46H63N13O10S2. The first-order valence-corrected chi connectivity index (χ1v) is 25.7. The minimum absolute atomic E-state index is 0.0154. The van der Waals surface area contributed by atoms with Crippen molar-refractivity contribution < 1.29 is 47.9 Å². The molecule has 0 spiro atoms. The van der Waals surface area contributed by atoms with Crippen LogP contribution in [0.1, 0.15) is 63.5 Å². The van der Waals surface area contributed by atoms with Gasteiger partial charge in [0.1, 0.15) is 42.3 Å². The van der Waals surface area contributed by atoms with E-state index < -0.39 is 114 Å². The largest absolute Gasteiger partial charge is 0.370 e. The summed E-state index contributed by atoms with van der Waals surface area (Å²) in [6.07, 6.45) is 0.278. The summed E-state index contributed by atoms with van der Waals surface area (Å²) in [7, 11) is 2.35. The zero-order chi connectivity index (χ0) is 51.8. The van der Waals surface area contributed by atoms with Crippen molar-refractivity contribution in [2.24, 2.45) is 33.8 Å². The lowest BCUT2D eigenvalue weighted by atomic mass is 10.00. The number of aliphatic imine (C=N–C) groups is 1. The molecule has 0 bridgehead atoms. The van der Waals surface area contributed by atoms with Crippen LogP contribution in [-0.2, 0) is 60.8 Å². The lowest BCUT2D eigenvalue weighted by molar-refractivity contribution is -0.142. The molecule has 2 fully saturated rings. The molecule has 10 amide bonds. The molecule has 7 atom stereocenters. The number of guanidine groups is 1. The van der Waals surface area contributed by atoms with Crippen LogP contribution in [0.5, 0.6) is 0 Å². The Bertz CT molecular complexity index is 2340. The first-order chi connectivity index (χ1) is 33.8. The number of rotatable bonds is 15. The molecule has 2 saturated heterocycles. The van der Waals surface area contributed by atoms with Crippen LogP contribution in [0.15, 0.2) is 59.6 Å². The number of nitrogens with zero attached hydrogens (tertiary/aromatic N) is 3. The number of para-hydroxylation sites is 1. The van der Waals surface area contributed by atoms with E-state index in [1.165, 1.54) is 20.6 Å². The summed E-state index contributed by atoms with van der Waals surface area (Å²) in [5.41, 5.74) is 23.6. The van der Waals surface area contributed by atoms with Gasteiger partial charge in [-0.2, -0.15) is 0 Å². The van der Waals surface area contributed by atoms with Gasteiger partial charge in [-0.15, -0.1) is 0 Å². The van der Waals surface area contributed by atoms with Gasteiger partial charge in [0.2, 0.25) is 59.1 Å². The van der Waals surface area contributed by atoms with Crippen molar-refractivity contribution in [1.82, 2.24) is 36.8 Å². The topological polar surface area (TPSA) is 366 Å². The maximum atomic E-state index is 14.6. The van der Waals surface area contributed by atoms with Crippen LogP contribution in [0.4, 0.5) is 5.69 Å². The van der Waals surface area contributed by atoms with E-state index in [1.807, 2.05) is 6.07 Å². The van der Waals surface area contributed by atoms with Crippen LogP contribution in [-0.4, -0.2) is 143 Å². The third kappa shape index (κ3) is 15.8. The summed E-state index contributed by atoms with van der Waals surface area (Å²) < 4.78 is 0.